The topological polar surface area (TPSA) is 45.0 Å². The first-order chi connectivity index (χ1) is 10.3. The fourth-order valence-corrected chi connectivity index (χ4v) is 3.80. The number of hydrogen-bond acceptors (Lipinski definition) is 3. The molecular weight excluding hydrogens is 260 g/mol. The molecule has 2 atom stereocenters. The van der Waals surface area contributed by atoms with Crippen molar-refractivity contribution in [2.24, 2.45) is 0 Å². The van der Waals surface area contributed by atoms with Gasteiger partial charge in [-0.25, -0.2) is 0 Å². The molecule has 0 spiro atoms. The predicted octanol–water partition coefficient (Wildman–Crippen LogP) is 3.12. The molecule has 0 radical (unpaired) electrons. The molecule has 1 aromatic rings. The molecule has 4 rings (SSSR count). The summed E-state index contributed by atoms with van der Waals surface area (Å²) in [7, 11) is 0. The van der Waals surface area contributed by atoms with Crippen LogP contribution in [0.5, 0.6) is 5.75 Å². The second-order valence-corrected chi connectivity index (χ2v) is 6.88. The first kappa shape index (κ1) is 13.2. The monoisotopic (exact) mass is 282 g/mol. The lowest BCUT2D eigenvalue weighted by molar-refractivity contribution is 0.200. The zero-order valence-electron chi connectivity index (χ0n) is 12.4. The Kier molecular flexibility index (Phi) is 3.15. The van der Waals surface area contributed by atoms with Gasteiger partial charge in [0.2, 0.25) is 0 Å². The van der Waals surface area contributed by atoms with Crippen LogP contribution >= 0.6 is 0 Å². The maximum Gasteiger partial charge on any atom is 0.120 e. The SMILES string of the molecule is N#CC1(NC2CC2)CCC(Oc2ccc3c(c2)CCC3)C1. The Morgan fingerprint density at radius 2 is 2.05 bits per heavy atom. The summed E-state index contributed by atoms with van der Waals surface area (Å²) in [6, 6.07) is 9.62. The lowest BCUT2D eigenvalue weighted by Crippen LogP contribution is -2.43. The van der Waals surface area contributed by atoms with Gasteiger partial charge in [-0.3, -0.25) is 5.32 Å². The van der Waals surface area contributed by atoms with Crippen LogP contribution in [0.3, 0.4) is 0 Å². The molecule has 2 unspecified atom stereocenters. The number of rotatable bonds is 4. The van der Waals surface area contributed by atoms with Gasteiger partial charge in [0, 0.05) is 12.5 Å². The van der Waals surface area contributed by atoms with Crippen LogP contribution in [0.1, 0.15) is 49.7 Å². The molecular formula is C18H22N2O. The van der Waals surface area contributed by atoms with Crippen molar-refractivity contribution in [3.63, 3.8) is 0 Å². The van der Waals surface area contributed by atoms with Gasteiger partial charge >= 0.3 is 0 Å². The van der Waals surface area contributed by atoms with E-state index in [2.05, 4.69) is 29.6 Å². The van der Waals surface area contributed by atoms with E-state index in [1.54, 1.807) is 0 Å². The van der Waals surface area contributed by atoms with Gasteiger partial charge in [0.1, 0.15) is 17.4 Å². The van der Waals surface area contributed by atoms with Crippen molar-refractivity contribution in [3.05, 3.63) is 29.3 Å². The van der Waals surface area contributed by atoms with Gasteiger partial charge in [-0.05, 0) is 68.2 Å². The van der Waals surface area contributed by atoms with Crippen LogP contribution in [0.2, 0.25) is 0 Å². The Morgan fingerprint density at radius 1 is 1.19 bits per heavy atom. The van der Waals surface area contributed by atoms with E-state index >= 15 is 0 Å². The number of ether oxygens (including phenoxy) is 1. The maximum absolute atomic E-state index is 9.54. The fraction of sp³-hybridized carbons (Fsp3) is 0.611. The third-order valence-electron chi connectivity index (χ3n) is 5.11. The van der Waals surface area contributed by atoms with E-state index < -0.39 is 0 Å². The molecule has 2 saturated carbocycles. The van der Waals surface area contributed by atoms with E-state index in [1.807, 2.05) is 0 Å². The minimum Gasteiger partial charge on any atom is -0.490 e. The summed E-state index contributed by atoms with van der Waals surface area (Å²) in [6.07, 6.45) is 8.99. The second-order valence-electron chi connectivity index (χ2n) is 6.88. The van der Waals surface area contributed by atoms with E-state index in [0.717, 1.165) is 25.0 Å². The molecule has 110 valence electrons. The van der Waals surface area contributed by atoms with Crippen molar-refractivity contribution < 1.29 is 4.74 Å². The largest absolute Gasteiger partial charge is 0.490 e. The van der Waals surface area contributed by atoms with Crippen LogP contribution in [-0.4, -0.2) is 17.7 Å². The third-order valence-corrected chi connectivity index (χ3v) is 5.11. The summed E-state index contributed by atoms with van der Waals surface area (Å²) in [5.74, 6) is 0.987. The van der Waals surface area contributed by atoms with Gasteiger partial charge in [-0.1, -0.05) is 6.07 Å². The highest BCUT2D eigenvalue weighted by Crippen LogP contribution is 2.36. The van der Waals surface area contributed by atoms with Gasteiger partial charge in [-0.2, -0.15) is 5.26 Å². The van der Waals surface area contributed by atoms with Crippen molar-refractivity contribution in [3.8, 4) is 11.8 Å². The lowest BCUT2D eigenvalue weighted by Gasteiger charge is -2.23. The van der Waals surface area contributed by atoms with Gasteiger partial charge in [0.25, 0.3) is 0 Å². The van der Waals surface area contributed by atoms with Crippen molar-refractivity contribution >= 4 is 0 Å². The summed E-state index contributed by atoms with van der Waals surface area (Å²) in [4.78, 5) is 0. The second kappa shape index (κ2) is 5.03. The number of nitrogens with one attached hydrogen (secondary N) is 1. The van der Waals surface area contributed by atoms with Crippen LogP contribution in [0, 0.1) is 11.3 Å². The maximum atomic E-state index is 9.54. The number of fused-ring (bicyclic) bond motifs is 1. The zero-order chi connectivity index (χ0) is 14.3. The average molecular weight is 282 g/mol. The van der Waals surface area contributed by atoms with Gasteiger partial charge in [0.15, 0.2) is 0 Å². The highest BCUT2D eigenvalue weighted by Gasteiger charge is 2.43. The summed E-state index contributed by atoms with van der Waals surface area (Å²) >= 11 is 0. The van der Waals surface area contributed by atoms with E-state index in [0.29, 0.717) is 6.04 Å². The third kappa shape index (κ3) is 2.65. The molecule has 0 heterocycles. The Hall–Kier alpha value is -1.53. The van der Waals surface area contributed by atoms with Crippen LogP contribution in [0.4, 0.5) is 0 Å². The molecule has 2 fully saturated rings. The molecule has 1 aromatic carbocycles. The fourth-order valence-electron chi connectivity index (χ4n) is 3.80. The molecule has 0 bridgehead atoms. The molecule has 0 aromatic heterocycles. The van der Waals surface area contributed by atoms with Crippen molar-refractivity contribution in [2.75, 3.05) is 0 Å². The summed E-state index contributed by atoms with van der Waals surface area (Å²) in [6.45, 7) is 0. The molecule has 3 nitrogen and oxygen atoms in total. The van der Waals surface area contributed by atoms with Crippen molar-refractivity contribution in [1.82, 2.24) is 5.32 Å². The van der Waals surface area contributed by atoms with Crippen LogP contribution in [-0.2, 0) is 12.8 Å². The molecule has 0 aliphatic heterocycles. The molecule has 3 aliphatic rings. The predicted molar refractivity (Wildman–Crippen MR) is 81.2 cm³/mol. The summed E-state index contributed by atoms with van der Waals surface area (Å²) in [5, 5.41) is 13.1. The molecule has 0 amide bonds. The molecule has 0 saturated heterocycles. The average Bonchev–Trinajstić information content (AvgIpc) is 3.02. The van der Waals surface area contributed by atoms with Crippen LogP contribution in [0.25, 0.3) is 0 Å². The first-order valence-corrected chi connectivity index (χ1v) is 8.24. The minimum absolute atomic E-state index is 0.176. The standard InChI is InChI=1S/C18H22N2O/c19-12-18(20-15-5-6-15)9-8-17(11-18)21-16-7-4-13-2-1-3-14(13)10-16/h4,7,10,15,17,20H,1-3,5-6,8-9,11H2. The first-order valence-electron chi connectivity index (χ1n) is 8.24. The number of hydrogen-bond donors (Lipinski definition) is 1. The number of nitrogens with zero attached hydrogens (tertiary/aromatic N) is 1. The highest BCUT2D eigenvalue weighted by atomic mass is 16.5. The Balaban J connectivity index is 1.42. The normalized spacial score (nSPS) is 30.9. The van der Waals surface area contributed by atoms with Gasteiger partial charge < -0.3 is 4.74 Å². The number of aryl methyl sites for hydroxylation is 2. The molecule has 3 heteroatoms. The Bertz CT molecular complexity index is 587. The van der Waals surface area contributed by atoms with E-state index in [1.165, 1.54) is 43.2 Å². The quantitative estimate of drug-likeness (QED) is 0.923. The van der Waals surface area contributed by atoms with Crippen LogP contribution in [0.15, 0.2) is 18.2 Å². The Labute approximate surface area is 126 Å². The van der Waals surface area contributed by atoms with E-state index in [-0.39, 0.29) is 11.6 Å². The summed E-state index contributed by atoms with van der Waals surface area (Å²) in [5.41, 5.74) is 2.59. The number of benzene rings is 1. The van der Waals surface area contributed by atoms with Crippen molar-refractivity contribution in [1.29, 1.82) is 5.26 Å². The minimum atomic E-state index is -0.345. The van der Waals surface area contributed by atoms with Crippen molar-refractivity contribution in [2.45, 2.75) is 69.1 Å². The molecule has 21 heavy (non-hydrogen) atoms. The zero-order valence-corrected chi connectivity index (χ0v) is 12.4. The van der Waals surface area contributed by atoms with Gasteiger partial charge in [0.05, 0.1) is 6.07 Å². The lowest BCUT2D eigenvalue weighted by atomic mass is 9.99. The highest BCUT2D eigenvalue weighted by molar-refractivity contribution is 5.38. The molecule has 3 aliphatic carbocycles. The molecule has 1 N–H and O–H groups in total. The van der Waals surface area contributed by atoms with Crippen LogP contribution < -0.4 is 10.1 Å². The smallest absolute Gasteiger partial charge is 0.120 e. The number of nitriles is 1. The summed E-state index contributed by atoms with van der Waals surface area (Å²) < 4.78 is 6.17. The van der Waals surface area contributed by atoms with E-state index in [9.17, 15) is 5.26 Å². The Morgan fingerprint density at radius 3 is 2.86 bits per heavy atom. The van der Waals surface area contributed by atoms with Gasteiger partial charge in [-0.15, -0.1) is 0 Å². The van der Waals surface area contributed by atoms with E-state index in [4.69, 9.17) is 4.74 Å².